The molecule has 6 atom stereocenters. The number of nitrogens with two attached hydrogens (primary N) is 2. The third-order valence-corrected chi connectivity index (χ3v) is 7.40. The molecule has 0 radical (unpaired) electrons. The van der Waals surface area contributed by atoms with Gasteiger partial charge in [-0.15, -0.1) is 6.42 Å². The van der Waals surface area contributed by atoms with E-state index >= 15 is 0 Å². The van der Waals surface area contributed by atoms with E-state index in [1.807, 2.05) is 0 Å². The molecule has 0 saturated carbocycles. The molecule has 1 aliphatic heterocycles. The Kier molecular flexibility index (Phi) is 20.8. The van der Waals surface area contributed by atoms with Crippen molar-refractivity contribution in [3.63, 3.8) is 0 Å². The number of aromatic amines is 2. The molecule has 3 aromatic rings. The molecule has 3 aromatic heterocycles. The summed E-state index contributed by atoms with van der Waals surface area (Å²) in [5.74, 6) is -1.41. The summed E-state index contributed by atoms with van der Waals surface area (Å²) in [6.07, 6.45) is -3.23. The van der Waals surface area contributed by atoms with Crippen LogP contribution >= 0.6 is 7.82 Å². The zero-order valence-corrected chi connectivity index (χ0v) is 28.0. The van der Waals surface area contributed by atoms with Gasteiger partial charge in [-0.05, 0) is 19.5 Å². The van der Waals surface area contributed by atoms with Gasteiger partial charge in [0.05, 0.1) is 24.5 Å². The van der Waals surface area contributed by atoms with Gasteiger partial charge in [0.25, 0.3) is 11.1 Å². The fourth-order valence-corrected chi connectivity index (χ4v) is 4.87. The molecule has 270 valence electrons. The fraction of sp³-hybridized carbons (Fsp3) is 0.417. The van der Waals surface area contributed by atoms with Crippen molar-refractivity contribution < 1.29 is 80.0 Å². The molecule has 0 bridgehead atoms. The molecule has 1 aliphatic rings. The number of H-pyrrole nitrogens is 2. The average Bonchev–Trinajstić information content (AvgIpc) is 3.59. The van der Waals surface area contributed by atoms with Crippen molar-refractivity contribution >= 4 is 49.8 Å². The number of carboxylic acid groups (broad SMARTS) is 1. The average molecular weight is 775 g/mol. The van der Waals surface area contributed by atoms with Crippen molar-refractivity contribution in [1.29, 1.82) is 0 Å². The molecule has 0 aliphatic carbocycles. The van der Waals surface area contributed by atoms with E-state index in [4.69, 9.17) is 39.7 Å². The predicted octanol–water partition coefficient (Wildman–Crippen LogP) is -3.48. The first-order valence-electron chi connectivity index (χ1n) is 12.6. The van der Waals surface area contributed by atoms with E-state index in [1.54, 1.807) is 6.29 Å². The fourth-order valence-electron chi connectivity index (χ4n) is 3.84. The van der Waals surface area contributed by atoms with E-state index in [9.17, 15) is 38.8 Å². The summed E-state index contributed by atoms with van der Waals surface area (Å²) >= 11 is 4.35. The number of phosphoric ester groups is 1. The largest absolute Gasteiger partial charge is 2.00 e. The molecular formula is C24H30FeN7O15PS. The predicted molar refractivity (Wildman–Crippen MR) is 160 cm³/mol. The Morgan fingerprint density at radius 1 is 1.20 bits per heavy atom. The minimum absolute atomic E-state index is 0. The summed E-state index contributed by atoms with van der Waals surface area (Å²) in [5.41, 5.74) is 9.46. The Labute approximate surface area is 291 Å². The topological polar surface area (TPSA) is 380 Å². The first-order valence-corrected chi connectivity index (χ1v) is 14.6. The number of rotatable bonds is 10. The number of ether oxygens (including phenoxy) is 1. The number of aliphatic hydroxyl groups excluding tert-OH is 2. The van der Waals surface area contributed by atoms with E-state index in [0.29, 0.717) is 0 Å². The van der Waals surface area contributed by atoms with Crippen LogP contribution in [0.25, 0.3) is 11.2 Å². The normalized spacial score (nSPS) is 19.3. The van der Waals surface area contributed by atoms with Gasteiger partial charge in [0.15, 0.2) is 17.4 Å². The van der Waals surface area contributed by atoms with Crippen LogP contribution in [0.2, 0.25) is 0 Å². The first kappa shape index (κ1) is 47.5. The molecule has 2 unspecified atom stereocenters. The molecular weight excluding hydrogens is 745 g/mol. The number of pyridine rings is 1. The van der Waals surface area contributed by atoms with Gasteiger partial charge in [-0.2, -0.15) is 10.7 Å². The van der Waals surface area contributed by atoms with Gasteiger partial charge in [-0.1, -0.05) is 0 Å². The van der Waals surface area contributed by atoms with E-state index in [-0.39, 0.29) is 74.4 Å². The minimum Gasteiger partial charge on any atom is 2.00 e. The van der Waals surface area contributed by atoms with Crippen LogP contribution in [0.3, 0.4) is 0 Å². The van der Waals surface area contributed by atoms with E-state index in [1.165, 1.54) is 18.4 Å². The summed E-state index contributed by atoms with van der Waals surface area (Å²) in [4.78, 5) is 67.4. The Morgan fingerprint density at radius 2 is 1.80 bits per heavy atom. The maximum absolute atomic E-state index is 12.6. The molecule has 0 aromatic carbocycles. The third-order valence-electron chi connectivity index (χ3n) is 6.16. The molecule has 1 fully saturated rings. The van der Waals surface area contributed by atoms with Crippen molar-refractivity contribution in [2.75, 3.05) is 18.1 Å². The van der Waals surface area contributed by atoms with Crippen LogP contribution in [0.1, 0.15) is 23.0 Å². The molecule has 22 nitrogen and oxygen atoms in total. The van der Waals surface area contributed by atoms with E-state index in [0.717, 1.165) is 6.33 Å². The van der Waals surface area contributed by atoms with Crippen molar-refractivity contribution in [2.45, 2.75) is 50.8 Å². The number of nitrogens with one attached hydrogen (secondary N) is 2. The van der Waals surface area contributed by atoms with Crippen LogP contribution in [0.15, 0.2) is 15.9 Å². The number of hydrogen-bond donors (Lipinski definition) is 8. The second kappa shape index (κ2) is 21.4. The number of aliphatic hydroxyl groups is 2. The zero-order valence-electron chi connectivity index (χ0n) is 25.2. The van der Waals surface area contributed by atoms with Crippen LogP contribution in [0.4, 0.5) is 5.95 Å². The maximum atomic E-state index is 12.6. The van der Waals surface area contributed by atoms with Gasteiger partial charge in [0, 0.05) is 5.56 Å². The molecule has 0 spiro atoms. The summed E-state index contributed by atoms with van der Waals surface area (Å²) in [6, 6.07) is -0.866. The number of aliphatic carboxylic acids is 1. The molecule has 1 saturated heterocycles. The number of fused-ring (bicyclic) bond motifs is 1. The van der Waals surface area contributed by atoms with Gasteiger partial charge >= 0.3 is 53.5 Å². The summed E-state index contributed by atoms with van der Waals surface area (Å²) < 4.78 is 44.5. The molecule has 25 heteroatoms. The Morgan fingerprint density at radius 3 is 2.31 bits per heavy atom. The summed E-state index contributed by atoms with van der Waals surface area (Å²) in [6.45, 7) is 11.1. The second-order valence-electron chi connectivity index (χ2n) is 9.12. The number of hydrogen-bond acceptors (Lipinski definition) is 15. The number of anilines is 1. The van der Waals surface area contributed by atoms with Crippen molar-refractivity contribution in [1.82, 2.24) is 24.5 Å². The van der Waals surface area contributed by atoms with Crippen LogP contribution in [0.5, 0.6) is 5.75 Å². The van der Waals surface area contributed by atoms with Crippen molar-refractivity contribution in [3.05, 3.63) is 57.2 Å². The van der Waals surface area contributed by atoms with Gasteiger partial charge in [-0.3, -0.25) is 39.6 Å². The van der Waals surface area contributed by atoms with E-state index in [2.05, 4.69) is 45.9 Å². The SMILES string of the molecule is Cc1c(C[C-]=O)[nH]c(=O)c(C)c1OP(=O)(O)OC[C@H]1O[C@@H](n2cnc3c(=O)[nH]c(N)nc32)[C@H](O)[C@@H]1O.NC(C[S-])C(=O)O.O.[C-]#[O+].[C-]#[O+].[Fe+2]. The Balaban J connectivity index is 0. The molecule has 0 amide bonds. The smallest absolute Gasteiger partial charge is 2.00 e. The van der Waals surface area contributed by atoms with Crippen LogP contribution in [0, 0.1) is 27.1 Å². The molecule has 4 rings (SSSR count). The maximum Gasteiger partial charge on any atom is 2.00 e. The van der Waals surface area contributed by atoms with Gasteiger partial charge < -0.3 is 63.9 Å². The quantitative estimate of drug-likeness (QED) is 0.0326. The number of carbonyl (C=O) groups is 1. The number of nitrogen functional groups attached to an aromatic ring is 1. The van der Waals surface area contributed by atoms with Gasteiger partial charge in [0.2, 0.25) is 5.95 Å². The summed E-state index contributed by atoms with van der Waals surface area (Å²) in [5, 5.41) is 28.9. The van der Waals surface area contributed by atoms with Crippen LogP contribution in [-0.2, 0) is 68.8 Å². The van der Waals surface area contributed by atoms with Gasteiger partial charge in [-0.25, -0.2) is 9.55 Å². The van der Waals surface area contributed by atoms with Crippen molar-refractivity contribution in [3.8, 4) is 5.75 Å². The number of carbonyl (C=O) groups excluding carboxylic acids is 1. The minimum atomic E-state index is -4.88. The number of imidazole rings is 1. The Bertz CT molecular complexity index is 1760. The monoisotopic (exact) mass is 775 g/mol. The summed E-state index contributed by atoms with van der Waals surface area (Å²) in [7, 11) is -4.88. The first-order chi connectivity index (χ1) is 22.1. The standard InChI is InChI=1S/C19H22N6O10P.C3H7NO2S.2CO.Fe.H2O/c1-7-9(3-4-26)22-16(29)8(2)14(7)35-36(31,32)33-5-10-12(27)13(28)18(34-10)25-6-21-11-15(25)23-19(20)24-17(11)30;4-2(1-7)3(5)6;2*1-2;;/h6,10,12-13,18,27-28H,3,5H2,1-2H3,(H,22,29)(H,31,32)(H3,20,23,24,30);2,7H,1,4H2,(H,5,6);;;;1H2/q-1;;;;+2;/p-1/t10-,12-,13-,18-;;;;;/m1...../s1. The van der Waals surface area contributed by atoms with Crippen molar-refractivity contribution in [2.24, 2.45) is 5.73 Å². The number of aromatic nitrogens is 5. The third kappa shape index (κ3) is 12.0. The van der Waals surface area contributed by atoms with E-state index < -0.39 is 62.1 Å². The van der Waals surface area contributed by atoms with Gasteiger partial charge in [0.1, 0.15) is 24.1 Å². The Hall–Kier alpha value is -3.66. The molecule has 4 heterocycles. The number of carboxylic acids is 1. The second-order valence-corrected chi connectivity index (χ2v) is 10.8. The molecule has 49 heavy (non-hydrogen) atoms. The zero-order chi connectivity index (χ0) is 36.2. The number of phosphoric acid groups is 1. The van der Waals surface area contributed by atoms with Crippen LogP contribution in [-0.4, -0.2) is 99.2 Å². The van der Waals surface area contributed by atoms with Crippen LogP contribution < -0.4 is 27.1 Å². The number of nitrogens with zero attached hydrogens (tertiary/aromatic N) is 3. The molecule has 12 N–H and O–H groups in total.